The number of fused-ring (bicyclic) bond motifs is 1. The zero-order chi connectivity index (χ0) is 15.6. The van der Waals surface area contributed by atoms with Crippen LogP contribution in [0.25, 0.3) is 0 Å². The van der Waals surface area contributed by atoms with Crippen LogP contribution < -0.4 is 14.8 Å². The summed E-state index contributed by atoms with van der Waals surface area (Å²) in [5.41, 5.74) is 0.430. The highest BCUT2D eigenvalue weighted by Crippen LogP contribution is 2.43. The van der Waals surface area contributed by atoms with E-state index in [0.717, 1.165) is 0 Å². The van der Waals surface area contributed by atoms with E-state index >= 15 is 0 Å². The van der Waals surface area contributed by atoms with Crippen molar-refractivity contribution >= 4 is 5.97 Å². The highest BCUT2D eigenvalue weighted by molar-refractivity contribution is 5.73. The van der Waals surface area contributed by atoms with E-state index in [0.29, 0.717) is 12.0 Å². The second-order valence-corrected chi connectivity index (χ2v) is 4.99. The number of carboxylic acids is 1. The fraction of sp³-hybridized carbons (Fsp3) is 0.500. The minimum Gasteiger partial charge on any atom is -0.480 e. The average Bonchev–Trinajstić information content (AvgIpc) is 2.72. The SMILES string of the molecule is CC[C@H](C)[C@H](NCc1cccc2c1OC(F)(F)O2)C(=O)O. The first-order valence-electron chi connectivity index (χ1n) is 6.68. The molecule has 1 aromatic carbocycles. The van der Waals surface area contributed by atoms with Crippen LogP contribution in [-0.2, 0) is 11.3 Å². The summed E-state index contributed by atoms with van der Waals surface area (Å²) in [5, 5.41) is 12.1. The second-order valence-electron chi connectivity index (χ2n) is 4.99. The topological polar surface area (TPSA) is 67.8 Å². The van der Waals surface area contributed by atoms with Gasteiger partial charge in [0.25, 0.3) is 0 Å². The third-order valence-corrected chi connectivity index (χ3v) is 3.50. The Kier molecular flexibility index (Phi) is 4.32. The Morgan fingerprint density at radius 1 is 1.43 bits per heavy atom. The summed E-state index contributed by atoms with van der Waals surface area (Å²) in [6.45, 7) is 3.80. The summed E-state index contributed by atoms with van der Waals surface area (Å²) in [4.78, 5) is 11.2. The van der Waals surface area contributed by atoms with Crippen molar-refractivity contribution in [1.29, 1.82) is 0 Å². The Hall–Kier alpha value is -1.89. The molecule has 0 bridgehead atoms. The molecule has 2 atom stereocenters. The molecule has 1 aliphatic heterocycles. The number of hydrogen-bond donors (Lipinski definition) is 2. The molecule has 0 aromatic heterocycles. The van der Waals surface area contributed by atoms with Crippen LogP contribution in [-0.4, -0.2) is 23.4 Å². The maximum absolute atomic E-state index is 13.1. The molecule has 5 nitrogen and oxygen atoms in total. The van der Waals surface area contributed by atoms with Gasteiger partial charge < -0.3 is 14.6 Å². The van der Waals surface area contributed by atoms with E-state index < -0.39 is 18.3 Å². The lowest BCUT2D eigenvalue weighted by Gasteiger charge is -2.20. The summed E-state index contributed by atoms with van der Waals surface area (Å²) in [6, 6.07) is 3.77. The first-order chi connectivity index (χ1) is 9.84. The predicted molar refractivity (Wildman–Crippen MR) is 70.4 cm³/mol. The van der Waals surface area contributed by atoms with Gasteiger partial charge in [-0.2, -0.15) is 0 Å². The zero-order valence-electron chi connectivity index (χ0n) is 11.7. The van der Waals surface area contributed by atoms with Crippen LogP contribution in [0, 0.1) is 5.92 Å². The van der Waals surface area contributed by atoms with Gasteiger partial charge in [-0.1, -0.05) is 32.4 Å². The molecule has 0 aliphatic carbocycles. The van der Waals surface area contributed by atoms with Gasteiger partial charge in [-0.25, -0.2) is 0 Å². The van der Waals surface area contributed by atoms with Gasteiger partial charge in [-0.3, -0.25) is 10.1 Å². The smallest absolute Gasteiger partial charge is 0.480 e. The Balaban J connectivity index is 2.12. The van der Waals surface area contributed by atoms with Crippen LogP contribution in [0.4, 0.5) is 8.78 Å². The van der Waals surface area contributed by atoms with Crippen LogP contribution in [0.1, 0.15) is 25.8 Å². The first kappa shape index (κ1) is 15.5. The molecule has 0 saturated heterocycles. The Labute approximate surface area is 120 Å². The van der Waals surface area contributed by atoms with Crippen molar-refractivity contribution in [2.75, 3.05) is 0 Å². The van der Waals surface area contributed by atoms with Gasteiger partial charge in [0, 0.05) is 12.1 Å². The minimum atomic E-state index is -3.68. The van der Waals surface area contributed by atoms with Crippen molar-refractivity contribution in [3.8, 4) is 11.5 Å². The molecular formula is C14H17F2NO4. The number of ether oxygens (including phenoxy) is 2. The van der Waals surface area contributed by atoms with E-state index in [4.69, 9.17) is 0 Å². The fourth-order valence-corrected chi connectivity index (χ4v) is 2.15. The number of hydrogen-bond acceptors (Lipinski definition) is 4. The monoisotopic (exact) mass is 301 g/mol. The van der Waals surface area contributed by atoms with Gasteiger partial charge in [-0.15, -0.1) is 8.78 Å². The van der Waals surface area contributed by atoms with Crippen molar-refractivity contribution in [3.05, 3.63) is 23.8 Å². The number of rotatable bonds is 6. The molecule has 1 aliphatic rings. The summed E-state index contributed by atoms with van der Waals surface area (Å²) in [5.74, 6) is -1.16. The average molecular weight is 301 g/mol. The van der Waals surface area contributed by atoms with E-state index in [-0.39, 0.29) is 24.0 Å². The van der Waals surface area contributed by atoms with Gasteiger partial charge in [0.1, 0.15) is 6.04 Å². The third kappa shape index (κ3) is 3.41. The third-order valence-electron chi connectivity index (χ3n) is 3.50. The van der Waals surface area contributed by atoms with Crippen molar-refractivity contribution in [2.24, 2.45) is 5.92 Å². The summed E-state index contributed by atoms with van der Waals surface area (Å²) in [7, 11) is 0. The number of carbonyl (C=O) groups is 1. The maximum atomic E-state index is 13.1. The molecule has 0 unspecified atom stereocenters. The van der Waals surface area contributed by atoms with Crippen LogP contribution in [0.3, 0.4) is 0 Å². The van der Waals surface area contributed by atoms with E-state index in [9.17, 15) is 18.7 Å². The largest absolute Gasteiger partial charge is 0.586 e. The fourth-order valence-electron chi connectivity index (χ4n) is 2.15. The summed E-state index contributed by atoms with van der Waals surface area (Å²) in [6.07, 6.45) is -2.99. The normalized spacial score (nSPS) is 18.3. The van der Waals surface area contributed by atoms with Crippen LogP contribution >= 0.6 is 0 Å². The van der Waals surface area contributed by atoms with Crippen LogP contribution in [0.15, 0.2) is 18.2 Å². The maximum Gasteiger partial charge on any atom is 0.586 e. The standard InChI is InChI=1S/C14H17F2NO4/c1-3-8(2)11(13(18)19)17-7-9-5-4-6-10-12(9)21-14(15,16)20-10/h4-6,8,11,17H,3,7H2,1-2H3,(H,18,19)/t8-,11-/m0/s1. The van der Waals surface area contributed by atoms with Gasteiger partial charge in [-0.05, 0) is 12.0 Å². The molecule has 1 heterocycles. The molecule has 0 radical (unpaired) electrons. The zero-order valence-corrected chi connectivity index (χ0v) is 11.7. The number of carboxylic acid groups (broad SMARTS) is 1. The molecule has 0 spiro atoms. The molecule has 2 rings (SSSR count). The predicted octanol–water partition coefficient (Wildman–Crippen LogP) is 2.60. The number of benzene rings is 1. The van der Waals surface area contributed by atoms with E-state index in [1.54, 1.807) is 12.1 Å². The number of alkyl halides is 2. The molecule has 1 aromatic rings. The van der Waals surface area contributed by atoms with Gasteiger partial charge in [0.15, 0.2) is 11.5 Å². The number of halogens is 2. The lowest BCUT2D eigenvalue weighted by atomic mass is 9.99. The van der Waals surface area contributed by atoms with E-state index in [1.165, 1.54) is 6.07 Å². The van der Waals surface area contributed by atoms with Gasteiger partial charge in [0.2, 0.25) is 0 Å². The Morgan fingerprint density at radius 2 is 2.14 bits per heavy atom. The summed E-state index contributed by atoms with van der Waals surface area (Å²) < 4.78 is 35.0. The highest BCUT2D eigenvalue weighted by Gasteiger charge is 2.44. The van der Waals surface area contributed by atoms with E-state index in [2.05, 4.69) is 14.8 Å². The molecule has 21 heavy (non-hydrogen) atoms. The second kappa shape index (κ2) is 5.85. The van der Waals surface area contributed by atoms with Crippen molar-refractivity contribution < 1.29 is 28.2 Å². The van der Waals surface area contributed by atoms with Gasteiger partial charge >= 0.3 is 12.3 Å². The van der Waals surface area contributed by atoms with Crippen molar-refractivity contribution in [1.82, 2.24) is 5.32 Å². The Bertz CT molecular complexity index is 536. The van der Waals surface area contributed by atoms with Crippen LogP contribution in [0.5, 0.6) is 11.5 Å². The number of para-hydroxylation sites is 1. The minimum absolute atomic E-state index is 0.0466. The molecule has 0 fully saturated rings. The van der Waals surface area contributed by atoms with Gasteiger partial charge in [0.05, 0.1) is 0 Å². The van der Waals surface area contributed by atoms with Crippen LogP contribution in [0.2, 0.25) is 0 Å². The molecule has 116 valence electrons. The quantitative estimate of drug-likeness (QED) is 0.845. The molecular weight excluding hydrogens is 284 g/mol. The summed E-state index contributed by atoms with van der Waals surface area (Å²) >= 11 is 0. The Morgan fingerprint density at radius 3 is 2.76 bits per heavy atom. The van der Waals surface area contributed by atoms with Crippen molar-refractivity contribution in [3.63, 3.8) is 0 Å². The highest BCUT2D eigenvalue weighted by atomic mass is 19.3. The molecule has 2 N–H and O–H groups in total. The molecule has 7 heteroatoms. The lowest BCUT2D eigenvalue weighted by Crippen LogP contribution is -2.41. The number of nitrogens with one attached hydrogen (secondary N) is 1. The first-order valence-corrected chi connectivity index (χ1v) is 6.68. The van der Waals surface area contributed by atoms with Crippen molar-refractivity contribution in [2.45, 2.75) is 39.1 Å². The molecule has 0 saturated carbocycles. The lowest BCUT2D eigenvalue weighted by molar-refractivity contribution is -0.287. The molecule has 0 amide bonds. The number of aliphatic carboxylic acids is 1. The van der Waals surface area contributed by atoms with E-state index in [1.807, 2.05) is 13.8 Å².